The molecule has 0 fully saturated rings. The molecule has 0 saturated heterocycles. The molecule has 1 aromatic heterocycles. The van der Waals surface area contributed by atoms with Crippen LogP contribution in [0.2, 0.25) is 5.02 Å². The average Bonchev–Trinajstić information content (AvgIpc) is 2.90. The van der Waals surface area contributed by atoms with Crippen LogP contribution in [-0.2, 0) is 13.1 Å². The molecule has 0 bridgehead atoms. The van der Waals surface area contributed by atoms with Gasteiger partial charge in [0.1, 0.15) is 5.82 Å². The van der Waals surface area contributed by atoms with E-state index in [4.69, 9.17) is 11.6 Å². The summed E-state index contributed by atoms with van der Waals surface area (Å²) < 4.78 is 2.10. The largest absolute Gasteiger partial charge is 0.334 e. The van der Waals surface area contributed by atoms with E-state index in [2.05, 4.69) is 16.5 Å². The molecule has 124 valence electrons. The van der Waals surface area contributed by atoms with Crippen LogP contribution >= 0.6 is 11.6 Å². The van der Waals surface area contributed by atoms with Crippen LogP contribution in [0.3, 0.4) is 0 Å². The van der Waals surface area contributed by atoms with Crippen molar-refractivity contribution in [1.82, 2.24) is 14.5 Å². The predicted molar refractivity (Wildman–Crippen MR) is 97.4 cm³/mol. The molecule has 24 heavy (non-hydrogen) atoms. The van der Waals surface area contributed by atoms with Gasteiger partial charge in [-0.3, -0.25) is 4.79 Å². The van der Waals surface area contributed by atoms with E-state index in [9.17, 15) is 4.79 Å². The van der Waals surface area contributed by atoms with Gasteiger partial charge in [0.2, 0.25) is 0 Å². The summed E-state index contributed by atoms with van der Waals surface area (Å²) in [5.74, 6) is 0.852. The van der Waals surface area contributed by atoms with E-state index in [0.717, 1.165) is 29.0 Å². The number of benzene rings is 2. The highest BCUT2D eigenvalue weighted by Crippen LogP contribution is 2.21. The maximum atomic E-state index is 12.6. The summed E-state index contributed by atoms with van der Waals surface area (Å²) in [6.07, 6.45) is 0. The van der Waals surface area contributed by atoms with Gasteiger partial charge in [-0.05, 0) is 44.2 Å². The summed E-state index contributed by atoms with van der Waals surface area (Å²) in [7, 11) is 1.80. The Morgan fingerprint density at radius 2 is 2.04 bits per heavy atom. The number of aromatic nitrogens is 2. The van der Waals surface area contributed by atoms with Gasteiger partial charge >= 0.3 is 0 Å². The number of halogens is 1. The average molecular weight is 342 g/mol. The number of carbonyl (C=O) groups excluding carboxylic acids is 1. The van der Waals surface area contributed by atoms with Gasteiger partial charge in [0.25, 0.3) is 5.91 Å². The molecule has 0 aliphatic carbocycles. The first-order valence-electron chi connectivity index (χ1n) is 7.96. The van der Waals surface area contributed by atoms with Crippen molar-refractivity contribution >= 4 is 28.5 Å². The summed E-state index contributed by atoms with van der Waals surface area (Å²) in [6.45, 7) is 5.27. The van der Waals surface area contributed by atoms with Gasteiger partial charge in [0.15, 0.2) is 0 Å². The van der Waals surface area contributed by atoms with E-state index in [1.54, 1.807) is 11.9 Å². The fraction of sp³-hybridized carbons (Fsp3) is 0.263. The molecular weight excluding hydrogens is 322 g/mol. The highest BCUT2D eigenvalue weighted by Gasteiger charge is 2.16. The van der Waals surface area contributed by atoms with E-state index in [1.165, 1.54) is 0 Å². The van der Waals surface area contributed by atoms with Gasteiger partial charge in [-0.2, -0.15) is 0 Å². The Hall–Kier alpha value is -2.33. The highest BCUT2D eigenvalue weighted by molar-refractivity contribution is 6.31. The predicted octanol–water partition coefficient (Wildman–Crippen LogP) is 4.29. The maximum absolute atomic E-state index is 12.6. The number of aryl methyl sites for hydroxylation is 2. The van der Waals surface area contributed by atoms with Crippen LogP contribution in [0.25, 0.3) is 11.0 Å². The van der Waals surface area contributed by atoms with E-state index < -0.39 is 0 Å². The quantitative estimate of drug-likeness (QED) is 0.710. The molecule has 0 unspecified atom stereocenters. The second-order valence-corrected chi connectivity index (χ2v) is 6.37. The molecule has 0 aliphatic heterocycles. The highest BCUT2D eigenvalue weighted by atomic mass is 35.5. The third-order valence-corrected chi connectivity index (χ3v) is 4.33. The number of imidazole rings is 1. The lowest BCUT2D eigenvalue weighted by Gasteiger charge is -2.18. The molecule has 3 aromatic rings. The first kappa shape index (κ1) is 16.5. The minimum absolute atomic E-state index is 0.00792. The Kier molecular flexibility index (Phi) is 4.58. The Morgan fingerprint density at radius 1 is 1.25 bits per heavy atom. The summed E-state index contributed by atoms with van der Waals surface area (Å²) in [4.78, 5) is 19.0. The first-order valence-corrected chi connectivity index (χ1v) is 8.34. The topological polar surface area (TPSA) is 38.1 Å². The molecule has 3 rings (SSSR count). The third kappa shape index (κ3) is 3.15. The summed E-state index contributed by atoms with van der Waals surface area (Å²) in [5.41, 5.74) is 3.66. The van der Waals surface area contributed by atoms with Crippen molar-refractivity contribution in [2.24, 2.45) is 0 Å². The summed E-state index contributed by atoms with van der Waals surface area (Å²) >= 11 is 6.10. The van der Waals surface area contributed by atoms with Gasteiger partial charge in [-0.25, -0.2) is 4.98 Å². The molecule has 4 nitrogen and oxygen atoms in total. The van der Waals surface area contributed by atoms with E-state index in [0.29, 0.717) is 17.1 Å². The molecule has 0 radical (unpaired) electrons. The van der Waals surface area contributed by atoms with Crippen LogP contribution in [0.15, 0.2) is 42.5 Å². The Labute approximate surface area is 146 Å². The molecule has 0 aliphatic rings. The fourth-order valence-corrected chi connectivity index (χ4v) is 3.07. The number of rotatable bonds is 4. The van der Waals surface area contributed by atoms with Crippen molar-refractivity contribution in [1.29, 1.82) is 0 Å². The normalized spacial score (nSPS) is 11.0. The van der Waals surface area contributed by atoms with Crippen molar-refractivity contribution in [3.63, 3.8) is 0 Å². The van der Waals surface area contributed by atoms with Crippen LogP contribution in [0, 0.1) is 6.92 Å². The molecule has 2 aromatic carbocycles. The molecule has 0 spiro atoms. The second-order valence-electron chi connectivity index (χ2n) is 5.94. The minimum Gasteiger partial charge on any atom is -0.334 e. The monoisotopic (exact) mass is 341 g/mol. The Balaban J connectivity index is 1.90. The van der Waals surface area contributed by atoms with Gasteiger partial charge in [0.05, 0.1) is 17.6 Å². The van der Waals surface area contributed by atoms with Crippen molar-refractivity contribution in [2.45, 2.75) is 26.9 Å². The molecule has 0 N–H and O–H groups in total. The number of fused-ring (bicyclic) bond motifs is 1. The number of nitrogens with zero attached hydrogens (tertiary/aromatic N) is 3. The SMILES string of the molecule is CCn1c(CN(C)C(=O)c2cccc(C)c2)nc2ccc(Cl)cc21. The number of carbonyl (C=O) groups is 1. The fourth-order valence-electron chi connectivity index (χ4n) is 2.90. The molecular formula is C19H20ClN3O. The first-order chi connectivity index (χ1) is 11.5. The maximum Gasteiger partial charge on any atom is 0.254 e. The van der Waals surface area contributed by atoms with Gasteiger partial charge in [0, 0.05) is 24.2 Å². The van der Waals surface area contributed by atoms with Crippen LogP contribution in [-0.4, -0.2) is 27.4 Å². The molecule has 0 atom stereocenters. The summed E-state index contributed by atoms with van der Waals surface area (Å²) in [5, 5.41) is 0.688. The van der Waals surface area contributed by atoms with Crippen LogP contribution in [0.5, 0.6) is 0 Å². The lowest BCUT2D eigenvalue weighted by molar-refractivity contribution is 0.0780. The van der Waals surface area contributed by atoms with Crippen LogP contribution in [0.4, 0.5) is 0 Å². The number of amides is 1. The van der Waals surface area contributed by atoms with Crippen LogP contribution < -0.4 is 0 Å². The van der Waals surface area contributed by atoms with Crippen LogP contribution in [0.1, 0.15) is 28.7 Å². The minimum atomic E-state index is -0.00792. The molecule has 0 saturated carbocycles. The van der Waals surface area contributed by atoms with Crippen molar-refractivity contribution in [3.05, 3.63) is 64.4 Å². The van der Waals surface area contributed by atoms with Crippen molar-refractivity contribution in [3.8, 4) is 0 Å². The van der Waals surface area contributed by atoms with E-state index in [1.807, 2.05) is 49.4 Å². The Morgan fingerprint density at radius 3 is 2.75 bits per heavy atom. The number of hydrogen-bond donors (Lipinski definition) is 0. The van der Waals surface area contributed by atoms with E-state index in [-0.39, 0.29) is 5.91 Å². The van der Waals surface area contributed by atoms with Gasteiger partial charge in [-0.1, -0.05) is 29.3 Å². The molecule has 5 heteroatoms. The standard InChI is InChI=1S/C19H20ClN3O/c1-4-23-17-11-15(20)8-9-16(17)21-18(23)12-22(3)19(24)14-7-5-6-13(2)10-14/h5-11H,4,12H2,1-3H3. The zero-order valence-corrected chi connectivity index (χ0v) is 14.8. The van der Waals surface area contributed by atoms with Crippen molar-refractivity contribution < 1.29 is 4.79 Å². The molecule has 1 amide bonds. The lowest BCUT2D eigenvalue weighted by atomic mass is 10.1. The smallest absolute Gasteiger partial charge is 0.254 e. The summed E-state index contributed by atoms with van der Waals surface area (Å²) in [6, 6.07) is 13.3. The lowest BCUT2D eigenvalue weighted by Crippen LogP contribution is -2.27. The van der Waals surface area contributed by atoms with Gasteiger partial charge in [-0.15, -0.1) is 0 Å². The van der Waals surface area contributed by atoms with Gasteiger partial charge < -0.3 is 9.47 Å². The van der Waals surface area contributed by atoms with E-state index >= 15 is 0 Å². The van der Waals surface area contributed by atoms with Crippen molar-refractivity contribution in [2.75, 3.05) is 7.05 Å². The second kappa shape index (κ2) is 6.65. The molecule has 1 heterocycles. The zero-order chi connectivity index (χ0) is 17.3. The third-order valence-electron chi connectivity index (χ3n) is 4.10. The number of hydrogen-bond acceptors (Lipinski definition) is 2. The zero-order valence-electron chi connectivity index (χ0n) is 14.1. The Bertz CT molecular complexity index is 901.